The number of sulfonamides is 1. The van der Waals surface area contributed by atoms with Gasteiger partial charge in [0.05, 0.1) is 4.90 Å². The molecular formula is C16H19N3O2S. The topological polar surface area (TPSA) is 62.3 Å². The van der Waals surface area contributed by atoms with Gasteiger partial charge in [-0.15, -0.1) is 0 Å². The summed E-state index contributed by atoms with van der Waals surface area (Å²) in [7, 11) is -3.45. The van der Waals surface area contributed by atoms with E-state index in [-0.39, 0.29) is 0 Å². The van der Waals surface area contributed by atoms with E-state index in [0.717, 1.165) is 30.3 Å². The third-order valence-electron chi connectivity index (χ3n) is 4.93. The van der Waals surface area contributed by atoms with Crippen molar-refractivity contribution in [2.45, 2.75) is 11.3 Å². The molecule has 2 aromatic rings. The SMILES string of the molecule is O=S(=O)(c1cccc2cnccc12)N1CCC2CNCC2C1. The van der Waals surface area contributed by atoms with Crippen LogP contribution in [0.25, 0.3) is 10.8 Å². The van der Waals surface area contributed by atoms with Crippen molar-refractivity contribution in [3.63, 3.8) is 0 Å². The third kappa shape index (κ3) is 2.22. The molecule has 0 amide bonds. The lowest BCUT2D eigenvalue weighted by atomic mass is 9.90. The number of aromatic nitrogens is 1. The van der Waals surface area contributed by atoms with Crippen molar-refractivity contribution in [1.82, 2.24) is 14.6 Å². The lowest BCUT2D eigenvalue weighted by Crippen LogP contribution is -2.43. The molecule has 0 spiro atoms. The monoisotopic (exact) mass is 317 g/mol. The van der Waals surface area contributed by atoms with E-state index in [1.54, 1.807) is 34.9 Å². The van der Waals surface area contributed by atoms with Gasteiger partial charge in [0.2, 0.25) is 10.0 Å². The van der Waals surface area contributed by atoms with Crippen LogP contribution in [0.15, 0.2) is 41.6 Å². The van der Waals surface area contributed by atoms with Gasteiger partial charge in [0.25, 0.3) is 0 Å². The molecule has 3 heterocycles. The second-order valence-electron chi connectivity index (χ2n) is 6.18. The summed E-state index contributed by atoms with van der Waals surface area (Å²) in [4.78, 5) is 4.48. The van der Waals surface area contributed by atoms with Crippen molar-refractivity contribution in [2.24, 2.45) is 11.8 Å². The zero-order valence-corrected chi connectivity index (χ0v) is 13.1. The molecule has 2 aliphatic rings. The smallest absolute Gasteiger partial charge is 0.243 e. The fraction of sp³-hybridized carbons (Fsp3) is 0.438. The van der Waals surface area contributed by atoms with E-state index < -0.39 is 10.0 Å². The van der Waals surface area contributed by atoms with Crippen LogP contribution in [0.2, 0.25) is 0 Å². The second-order valence-corrected chi connectivity index (χ2v) is 8.09. The maximum Gasteiger partial charge on any atom is 0.243 e. The molecular weight excluding hydrogens is 298 g/mol. The Labute approximate surface area is 130 Å². The molecule has 116 valence electrons. The van der Waals surface area contributed by atoms with Crippen LogP contribution in [0.3, 0.4) is 0 Å². The fourth-order valence-corrected chi connectivity index (χ4v) is 5.40. The summed E-state index contributed by atoms with van der Waals surface area (Å²) in [6.07, 6.45) is 4.30. The number of pyridine rings is 1. The first-order valence-electron chi connectivity index (χ1n) is 7.70. The van der Waals surface area contributed by atoms with Crippen molar-refractivity contribution >= 4 is 20.8 Å². The first-order valence-corrected chi connectivity index (χ1v) is 9.14. The highest BCUT2D eigenvalue weighted by Gasteiger charge is 2.38. The number of hydrogen-bond donors (Lipinski definition) is 1. The molecule has 1 N–H and O–H groups in total. The number of rotatable bonds is 2. The summed E-state index contributed by atoms with van der Waals surface area (Å²) >= 11 is 0. The Morgan fingerprint density at radius 1 is 1.18 bits per heavy atom. The molecule has 0 saturated carbocycles. The van der Waals surface area contributed by atoms with Gasteiger partial charge in [0.1, 0.15) is 0 Å². The number of benzene rings is 1. The zero-order chi connectivity index (χ0) is 15.2. The largest absolute Gasteiger partial charge is 0.316 e. The first kappa shape index (κ1) is 14.1. The predicted molar refractivity (Wildman–Crippen MR) is 85.0 cm³/mol. The van der Waals surface area contributed by atoms with Crippen LogP contribution >= 0.6 is 0 Å². The summed E-state index contributed by atoms with van der Waals surface area (Å²) < 4.78 is 27.8. The van der Waals surface area contributed by atoms with Gasteiger partial charge in [-0.1, -0.05) is 12.1 Å². The number of hydrogen-bond acceptors (Lipinski definition) is 4. The quantitative estimate of drug-likeness (QED) is 0.911. The molecule has 22 heavy (non-hydrogen) atoms. The first-order chi connectivity index (χ1) is 10.7. The van der Waals surface area contributed by atoms with Crippen LogP contribution < -0.4 is 5.32 Å². The maximum atomic E-state index is 13.1. The summed E-state index contributed by atoms with van der Waals surface area (Å²) in [6.45, 7) is 3.20. The van der Waals surface area contributed by atoms with Crippen LogP contribution in [0.1, 0.15) is 6.42 Å². The molecule has 0 radical (unpaired) electrons. The highest BCUT2D eigenvalue weighted by atomic mass is 32.2. The average molecular weight is 317 g/mol. The van der Waals surface area contributed by atoms with Crippen molar-refractivity contribution in [2.75, 3.05) is 26.2 Å². The molecule has 2 unspecified atom stereocenters. The van der Waals surface area contributed by atoms with Crippen molar-refractivity contribution in [3.05, 3.63) is 36.7 Å². The maximum absolute atomic E-state index is 13.1. The van der Waals surface area contributed by atoms with Crippen LogP contribution in [0, 0.1) is 11.8 Å². The third-order valence-corrected chi connectivity index (χ3v) is 6.85. The molecule has 0 bridgehead atoms. The average Bonchev–Trinajstić information content (AvgIpc) is 3.02. The number of fused-ring (bicyclic) bond motifs is 2. The Kier molecular flexibility index (Phi) is 3.40. The van der Waals surface area contributed by atoms with Gasteiger partial charge in [-0.25, -0.2) is 8.42 Å². The Hall–Kier alpha value is -1.50. The van der Waals surface area contributed by atoms with Crippen molar-refractivity contribution in [1.29, 1.82) is 0 Å². The molecule has 4 rings (SSSR count). The minimum Gasteiger partial charge on any atom is -0.316 e. The Balaban J connectivity index is 1.73. The molecule has 2 fully saturated rings. The lowest BCUT2D eigenvalue weighted by molar-refractivity contribution is 0.228. The molecule has 5 nitrogen and oxygen atoms in total. The van der Waals surface area contributed by atoms with Crippen molar-refractivity contribution < 1.29 is 8.42 Å². The van der Waals surface area contributed by atoms with Gasteiger partial charge in [-0.2, -0.15) is 4.31 Å². The normalized spacial score (nSPS) is 26.2. The van der Waals surface area contributed by atoms with E-state index >= 15 is 0 Å². The Morgan fingerprint density at radius 2 is 2.05 bits per heavy atom. The minimum absolute atomic E-state index is 0.400. The predicted octanol–water partition coefficient (Wildman–Crippen LogP) is 1.46. The second kappa shape index (κ2) is 5.30. The van der Waals surface area contributed by atoms with Crippen LogP contribution in [0.5, 0.6) is 0 Å². The highest BCUT2D eigenvalue weighted by Crippen LogP contribution is 2.32. The highest BCUT2D eigenvalue weighted by molar-refractivity contribution is 7.89. The van der Waals surface area contributed by atoms with Gasteiger partial charge in [0, 0.05) is 36.3 Å². The zero-order valence-electron chi connectivity index (χ0n) is 12.3. The summed E-state index contributed by atoms with van der Waals surface area (Å²) in [5, 5.41) is 4.99. The van der Waals surface area contributed by atoms with Crippen molar-refractivity contribution in [3.8, 4) is 0 Å². The molecule has 2 atom stereocenters. The van der Waals surface area contributed by atoms with Gasteiger partial charge >= 0.3 is 0 Å². The van der Waals surface area contributed by atoms with E-state index in [2.05, 4.69) is 10.3 Å². The van der Waals surface area contributed by atoms with Gasteiger partial charge < -0.3 is 5.32 Å². The van der Waals surface area contributed by atoms with Gasteiger partial charge in [-0.05, 0) is 43.5 Å². The number of nitrogens with zero attached hydrogens (tertiary/aromatic N) is 2. The number of nitrogens with one attached hydrogen (secondary N) is 1. The number of piperidine rings is 1. The van der Waals surface area contributed by atoms with Gasteiger partial charge in [0.15, 0.2) is 0 Å². The van der Waals surface area contributed by atoms with Crippen LogP contribution in [0.4, 0.5) is 0 Å². The molecule has 1 aromatic heterocycles. The summed E-state index contributed by atoms with van der Waals surface area (Å²) in [6, 6.07) is 7.18. The fourth-order valence-electron chi connectivity index (χ4n) is 3.68. The van der Waals surface area contributed by atoms with E-state index in [1.807, 2.05) is 6.07 Å². The van der Waals surface area contributed by atoms with Crippen LogP contribution in [-0.2, 0) is 10.0 Å². The van der Waals surface area contributed by atoms with E-state index in [1.165, 1.54) is 0 Å². The van der Waals surface area contributed by atoms with E-state index in [0.29, 0.717) is 29.8 Å². The molecule has 6 heteroatoms. The Bertz CT molecular complexity index is 801. The lowest BCUT2D eigenvalue weighted by Gasteiger charge is -2.33. The van der Waals surface area contributed by atoms with Gasteiger partial charge in [-0.3, -0.25) is 4.98 Å². The molecule has 0 aliphatic carbocycles. The molecule has 2 aliphatic heterocycles. The standard InChI is InChI=1S/C16H19N3O2S/c20-22(21,19-7-5-12-8-18-10-14(12)11-19)16-3-1-2-13-9-17-6-4-15(13)16/h1-4,6,9,12,14,18H,5,7-8,10-11H2. The molecule has 1 aromatic carbocycles. The summed E-state index contributed by atoms with van der Waals surface area (Å²) in [5.74, 6) is 1.07. The van der Waals surface area contributed by atoms with E-state index in [4.69, 9.17) is 0 Å². The van der Waals surface area contributed by atoms with E-state index in [9.17, 15) is 8.42 Å². The Morgan fingerprint density at radius 3 is 2.95 bits per heavy atom. The summed E-state index contributed by atoms with van der Waals surface area (Å²) in [5.41, 5.74) is 0. The van der Waals surface area contributed by atoms with Crippen LogP contribution in [-0.4, -0.2) is 43.9 Å². The minimum atomic E-state index is -3.45. The molecule has 2 saturated heterocycles.